The van der Waals surface area contributed by atoms with E-state index in [-0.39, 0.29) is 12.5 Å². The number of rotatable bonds is 8. The Morgan fingerprint density at radius 3 is 2.30 bits per heavy atom. The van der Waals surface area contributed by atoms with Crippen LogP contribution >= 0.6 is 11.6 Å². The number of carbonyl (C=O) groups excluding carboxylic acids is 1. The maximum Gasteiger partial charge on any atom is 0.232 e. The summed E-state index contributed by atoms with van der Waals surface area (Å²) >= 11 is 5.90. The third-order valence-electron chi connectivity index (χ3n) is 5.60. The maximum atomic E-state index is 12.6. The van der Waals surface area contributed by atoms with Crippen LogP contribution < -0.4 is 4.31 Å². The van der Waals surface area contributed by atoms with E-state index in [9.17, 15) is 13.2 Å². The minimum Gasteiger partial charge on any atom is -0.343 e. The van der Waals surface area contributed by atoms with Crippen LogP contribution in [-0.4, -0.2) is 45.1 Å². The zero-order valence-electron chi connectivity index (χ0n) is 17.3. The first-order valence-electron chi connectivity index (χ1n) is 10.4. The predicted molar refractivity (Wildman–Crippen MR) is 122 cm³/mol. The molecule has 5 nitrogen and oxygen atoms in total. The molecule has 1 heterocycles. The minimum atomic E-state index is -3.43. The van der Waals surface area contributed by atoms with Crippen LogP contribution in [0.4, 0.5) is 5.69 Å². The highest BCUT2D eigenvalue weighted by Crippen LogP contribution is 2.23. The summed E-state index contributed by atoms with van der Waals surface area (Å²) in [5, 5.41) is 0.554. The molecule has 0 spiro atoms. The minimum absolute atomic E-state index is 0.109. The summed E-state index contributed by atoms with van der Waals surface area (Å²) in [5.74, 6) is 0.722. The van der Waals surface area contributed by atoms with E-state index in [0.29, 0.717) is 29.5 Å². The molecule has 0 N–H and O–H groups in total. The molecule has 1 saturated heterocycles. The highest BCUT2D eigenvalue weighted by molar-refractivity contribution is 7.92. The lowest BCUT2D eigenvalue weighted by molar-refractivity contribution is -0.132. The predicted octanol–water partition coefficient (Wildman–Crippen LogP) is 4.37. The van der Waals surface area contributed by atoms with Crippen LogP contribution in [0, 0.1) is 5.92 Å². The topological polar surface area (TPSA) is 57.7 Å². The van der Waals surface area contributed by atoms with Crippen LogP contribution in [0.1, 0.15) is 31.2 Å². The zero-order chi connectivity index (χ0) is 21.6. The van der Waals surface area contributed by atoms with Crippen molar-refractivity contribution in [2.45, 2.75) is 32.1 Å². The Balaban J connectivity index is 1.46. The molecule has 0 atom stereocenters. The molecule has 2 aromatic rings. The molecule has 1 aliphatic rings. The number of piperidine rings is 1. The molecule has 0 unspecified atom stereocenters. The SMILES string of the molecule is CS(=O)(=O)N(CCCC(=O)N1CCC(Cc2ccccc2)CC1)c1ccc(Cl)cc1. The van der Waals surface area contributed by atoms with Gasteiger partial charge in [-0.15, -0.1) is 0 Å². The molecule has 0 bridgehead atoms. The van der Waals surface area contributed by atoms with E-state index >= 15 is 0 Å². The summed E-state index contributed by atoms with van der Waals surface area (Å²) in [6, 6.07) is 17.2. The fourth-order valence-corrected chi connectivity index (χ4v) is 5.05. The molecular formula is C23H29ClN2O3S. The zero-order valence-corrected chi connectivity index (χ0v) is 18.9. The summed E-state index contributed by atoms with van der Waals surface area (Å²) in [6.45, 7) is 1.84. The lowest BCUT2D eigenvalue weighted by Crippen LogP contribution is -2.39. The number of benzene rings is 2. The number of carbonyl (C=O) groups is 1. The van der Waals surface area contributed by atoms with Crippen molar-refractivity contribution in [1.82, 2.24) is 4.90 Å². The van der Waals surface area contributed by atoms with E-state index in [2.05, 4.69) is 24.3 Å². The summed E-state index contributed by atoms with van der Waals surface area (Å²) < 4.78 is 25.7. The number of likely N-dealkylation sites (tertiary alicyclic amines) is 1. The molecule has 2 aromatic carbocycles. The molecule has 0 saturated carbocycles. The number of amides is 1. The normalized spacial score (nSPS) is 15.2. The summed E-state index contributed by atoms with van der Waals surface area (Å²) in [5.41, 5.74) is 1.92. The van der Waals surface area contributed by atoms with Gasteiger partial charge in [-0.1, -0.05) is 41.9 Å². The Morgan fingerprint density at radius 1 is 1.07 bits per heavy atom. The van der Waals surface area contributed by atoms with Crippen LogP contribution in [0.3, 0.4) is 0 Å². The lowest BCUT2D eigenvalue weighted by Gasteiger charge is -2.32. The molecule has 30 heavy (non-hydrogen) atoms. The summed E-state index contributed by atoms with van der Waals surface area (Å²) in [6.07, 6.45) is 5.11. The van der Waals surface area contributed by atoms with Gasteiger partial charge < -0.3 is 4.90 Å². The first-order chi connectivity index (χ1) is 14.3. The van der Waals surface area contributed by atoms with Crippen molar-refractivity contribution in [3.05, 3.63) is 65.2 Å². The number of hydrogen-bond acceptors (Lipinski definition) is 3. The second-order valence-electron chi connectivity index (χ2n) is 7.93. The Hall–Kier alpha value is -2.05. The molecule has 1 amide bonds. The second kappa shape index (κ2) is 10.3. The van der Waals surface area contributed by atoms with Gasteiger partial charge in [0.25, 0.3) is 0 Å². The number of halogens is 1. The number of sulfonamides is 1. The molecule has 1 aliphatic heterocycles. The number of nitrogens with zero attached hydrogens (tertiary/aromatic N) is 2. The quantitative estimate of drug-likeness (QED) is 0.602. The number of hydrogen-bond donors (Lipinski definition) is 0. The highest BCUT2D eigenvalue weighted by Gasteiger charge is 2.23. The first kappa shape index (κ1) is 22.6. The highest BCUT2D eigenvalue weighted by atomic mass is 35.5. The van der Waals surface area contributed by atoms with Gasteiger partial charge in [-0.3, -0.25) is 9.10 Å². The van der Waals surface area contributed by atoms with Crippen molar-refractivity contribution in [2.75, 3.05) is 30.2 Å². The molecule has 0 aliphatic carbocycles. The Bertz CT molecular complexity index is 925. The number of anilines is 1. The molecule has 7 heteroatoms. The molecule has 162 valence electrons. The van der Waals surface area contributed by atoms with Gasteiger partial charge in [0.2, 0.25) is 15.9 Å². The van der Waals surface area contributed by atoms with Gasteiger partial charge in [-0.25, -0.2) is 8.42 Å². The van der Waals surface area contributed by atoms with E-state index in [4.69, 9.17) is 11.6 Å². The van der Waals surface area contributed by atoms with E-state index < -0.39 is 10.0 Å². The molecule has 1 fully saturated rings. The van der Waals surface area contributed by atoms with Crippen molar-refractivity contribution in [3.63, 3.8) is 0 Å². The largest absolute Gasteiger partial charge is 0.343 e. The van der Waals surface area contributed by atoms with Crippen LogP contribution in [0.15, 0.2) is 54.6 Å². The smallest absolute Gasteiger partial charge is 0.232 e. The second-order valence-corrected chi connectivity index (χ2v) is 10.3. The van der Waals surface area contributed by atoms with E-state index in [1.165, 1.54) is 16.1 Å². The van der Waals surface area contributed by atoms with E-state index in [1.54, 1.807) is 24.3 Å². The van der Waals surface area contributed by atoms with Gasteiger partial charge in [0, 0.05) is 31.1 Å². The summed E-state index contributed by atoms with van der Waals surface area (Å²) in [4.78, 5) is 14.5. The van der Waals surface area contributed by atoms with Crippen LogP contribution in [0.2, 0.25) is 5.02 Å². The maximum absolute atomic E-state index is 12.6. The first-order valence-corrected chi connectivity index (χ1v) is 12.6. The van der Waals surface area contributed by atoms with Crippen LogP contribution in [0.25, 0.3) is 0 Å². The molecular weight excluding hydrogens is 420 g/mol. The van der Waals surface area contributed by atoms with Gasteiger partial charge >= 0.3 is 0 Å². The van der Waals surface area contributed by atoms with Crippen molar-refractivity contribution in [2.24, 2.45) is 5.92 Å². The average molecular weight is 449 g/mol. The average Bonchev–Trinajstić information content (AvgIpc) is 2.72. The van der Waals surface area contributed by atoms with Gasteiger partial charge in [0.1, 0.15) is 0 Å². The van der Waals surface area contributed by atoms with Crippen LogP contribution in [-0.2, 0) is 21.2 Å². The molecule has 0 aromatic heterocycles. The van der Waals surface area contributed by atoms with E-state index in [1.807, 2.05) is 11.0 Å². The third-order valence-corrected chi connectivity index (χ3v) is 7.05. The van der Waals surface area contributed by atoms with Crippen molar-refractivity contribution in [3.8, 4) is 0 Å². The van der Waals surface area contributed by atoms with Crippen molar-refractivity contribution < 1.29 is 13.2 Å². The lowest BCUT2D eigenvalue weighted by atomic mass is 9.90. The Morgan fingerprint density at radius 2 is 1.70 bits per heavy atom. The Labute approximate surface area is 184 Å². The van der Waals surface area contributed by atoms with Gasteiger partial charge in [0.15, 0.2) is 0 Å². The van der Waals surface area contributed by atoms with Gasteiger partial charge in [-0.2, -0.15) is 0 Å². The fourth-order valence-electron chi connectivity index (χ4n) is 3.96. The monoisotopic (exact) mass is 448 g/mol. The van der Waals surface area contributed by atoms with E-state index in [0.717, 1.165) is 32.4 Å². The standard InChI is InChI=1S/C23H29ClN2O3S/c1-30(28,29)26(22-11-9-21(24)10-12-22)15-5-8-23(27)25-16-13-20(14-17-25)18-19-6-3-2-4-7-19/h2-4,6-7,9-12,20H,5,8,13-18H2,1H3. The van der Waals surface area contributed by atoms with Crippen molar-refractivity contribution >= 4 is 33.2 Å². The van der Waals surface area contributed by atoms with Gasteiger partial charge in [0.05, 0.1) is 11.9 Å². The molecule has 3 rings (SSSR count). The van der Waals surface area contributed by atoms with Crippen molar-refractivity contribution in [1.29, 1.82) is 0 Å². The third kappa shape index (κ3) is 6.47. The molecule has 0 radical (unpaired) electrons. The van der Waals surface area contributed by atoms with Gasteiger partial charge in [-0.05, 0) is 61.4 Å². The Kier molecular flexibility index (Phi) is 7.78. The van der Waals surface area contributed by atoms with Crippen LogP contribution in [0.5, 0.6) is 0 Å². The summed E-state index contributed by atoms with van der Waals surface area (Å²) in [7, 11) is -3.43. The fraction of sp³-hybridized carbons (Fsp3) is 0.435.